The van der Waals surface area contributed by atoms with Crippen LogP contribution >= 0.6 is 23.1 Å². The second-order valence-electron chi connectivity index (χ2n) is 8.23. The van der Waals surface area contributed by atoms with Gasteiger partial charge in [-0.2, -0.15) is 0 Å². The average Bonchev–Trinajstić information content (AvgIpc) is 3.35. The van der Waals surface area contributed by atoms with Crippen molar-refractivity contribution in [1.82, 2.24) is 9.55 Å². The van der Waals surface area contributed by atoms with Crippen LogP contribution in [0, 0.1) is 0 Å². The van der Waals surface area contributed by atoms with Crippen molar-refractivity contribution in [3.05, 3.63) is 65.8 Å². The van der Waals surface area contributed by atoms with Crippen LogP contribution in [0.4, 0.5) is 0 Å². The molecule has 5 nitrogen and oxygen atoms in total. The van der Waals surface area contributed by atoms with Crippen molar-refractivity contribution in [2.24, 2.45) is 0 Å². The van der Waals surface area contributed by atoms with E-state index in [1.165, 1.54) is 5.56 Å². The van der Waals surface area contributed by atoms with Gasteiger partial charge >= 0.3 is 5.97 Å². The number of carboxylic acids is 1. The lowest BCUT2D eigenvalue weighted by atomic mass is 10.1. The molecule has 0 aliphatic rings. The number of aromatic nitrogens is 2. The van der Waals surface area contributed by atoms with Crippen molar-refractivity contribution in [2.75, 3.05) is 6.61 Å². The van der Waals surface area contributed by atoms with Crippen molar-refractivity contribution >= 4 is 40.0 Å². The highest BCUT2D eigenvalue weighted by Crippen LogP contribution is 2.39. The Hall–Kier alpha value is -2.77. The number of nitrogens with zero attached hydrogens (tertiary/aromatic N) is 2. The summed E-state index contributed by atoms with van der Waals surface area (Å²) in [6, 6.07) is 14.3. The summed E-state index contributed by atoms with van der Waals surface area (Å²) < 4.78 is 7.70. The predicted molar refractivity (Wildman–Crippen MR) is 127 cm³/mol. The first kappa shape index (κ1) is 21.5. The number of rotatable bonds is 7. The minimum atomic E-state index is -0.983. The number of aliphatic carboxylic acids is 1. The zero-order valence-electron chi connectivity index (χ0n) is 17.7. The predicted octanol–water partition coefficient (Wildman–Crippen LogP) is 6.17. The lowest BCUT2D eigenvalue weighted by Crippen LogP contribution is -2.09. The van der Waals surface area contributed by atoms with Crippen molar-refractivity contribution in [3.63, 3.8) is 0 Å². The molecule has 0 fully saturated rings. The van der Waals surface area contributed by atoms with Gasteiger partial charge in [-0.05, 0) is 23.8 Å². The highest BCUT2D eigenvalue weighted by molar-refractivity contribution is 8.00. The Labute approximate surface area is 189 Å². The van der Waals surface area contributed by atoms with Gasteiger partial charge in [0.15, 0.2) is 6.61 Å². The number of carboxylic acid groups (broad SMARTS) is 1. The van der Waals surface area contributed by atoms with Gasteiger partial charge in [0, 0.05) is 50.4 Å². The molecule has 31 heavy (non-hydrogen) atoms. The van der Waals surface area contributed by atoms with E-state index in [9.17, 15) is 4.79 Å². The SMILES string of the molecule is CC(C)(C)Sc1cn(Cc2ccc(-c3nccs3)cc2)c2ccc(OCC(=O)O)cc12. The van der Waals surface area contributed by atoms with Gasteiger partial charge in [0.05, 0.1) is 0 Å². The molecule has 7 heteroatoms. The van der Waals surface area contributed by atoms with Crippen molar-refractivity contribution in [3.8, 4) is 16.3 Å². The molecule has 0 atom stereocenters. The van der Waals surface area contributed by atoms with Crippen molar-refractivity contribution < 1.29 is 14.6 Å². The Kier molecular flexibility index (Phi) is 6.07. The summed E-state index contributed by atoms with van der Waals surface area (Å²) in [6.07, 6.45) is 4.00. The number of ether oxygens (including phenoxy) is 1. The zero-order valence-corrected chi connectivity index (χ0v) is 19.3. The van der Waals surface area contributed by atoms with Crippen LogP contribution in [0.1, 0.15) is 26.3 Å². The van der Waals surface area contributed by atoms with Gasteiger partial charge in [0.2, 0.25) is 0 Å². The lowest BCUT2D eigenvalue weighted by molar-refractivity contribution is -0.139. The largest absolute Gasteiger partial charge is 0.482 e. The Morgan fingerprint density at radius 1 is 1.19 bits per heavy atom. The van der Waals surface area contributed by atoms with Gasteiger partial charge in [-0.3, -0.25) is 0 Å². The first-order valence-corrected chi connectivity index (χ1v) is 11.6. The van der Waals surface area contributed by atoms with Gasteiger partial charge in [0.1, 0.15) is 10.8 Å². The molecular weight excluding hydrogens is 428 g/mol. The van der Waals surface area contributed by atoms with Crippen LogP contribution < -0.4 is 4.74 Å². The second-order valence-corrected chi connectivity index (χ2v) is 11.0. The van der Waals surface area contributed by atoms with E-state index in [2.05, 4.69) is 60.8 Å². The molecule has 0 amide bonds. The fourth-order valence-corrected chi connectivity index (χ4v) is 5.09. The number of fused-ring (bicyclic) bond motifs is 1. The fraction of sp³-hybridized carbons (Fsp3) is 0.250. The minimum absolute atomic E-state index is 0.0480. The molecule has 160 valence electrons. The monoisotopic (exact) mass is 452 g/mol. The van der Waals surface area contributed by atoms with Crippen molar-refractivity contribution in [2.45, 2.75) is 37.0 Å². The fourth-order valence-electron chi connectivity index (χ4n) is 3.34. The number of benzene rings is 2. The molecule has 0 bridgehead atoms. The summed E-state index contributed by atoms with van der Waals surface area (Å²) in [5.41, 5.74) is 3.43. The van der Waals surface area contributed by atoms with E-state index in [0.29, 0.717) is 5.75 Å². The van der Waals surface area contributed by atoms with Crippen LogP contribution in [0.25, 0.3) is 21.5 Å². The number of hydrogen-bond donors (Lipinski definition) is 1. The number of thioether (sulfide) groups is 1. The molecule has 0 unspecified atom stereocenters. The quantitative estimate of drug-likeness (QED) is 0.340. The van der Waals surface area contributed by atoms with E-state index in [-0.39, 0.29) is 11.4 Å². The van der Waals surface area contributed by atoms with Gasteiger partial charge in [-0.1, -0.05) is 45.0 Å². The highest BCUT2D eigenvalue weighted by atomic mass is 32.2. The van der Waals surface area contributed by atoms with Crippen LogP contribution in [0.3, 0.4) is 0 Å². The van der Waals surface area contributed by atoms with E-state index in [1.54, 1.807) is 23.1 Å². The smallest absolute Gasteiger partial charge is 0.341 e. The maximum absolute atomic E-state index is 10.9. The molecule has 1 N–H and O–H groups in total. The molecule has 0 aliphatic heterocycles. The second kappa shape index (κ2) is 8.77. The Bertz CT molecular complexity index is 1190. The molecule has 2 aromatic heterocycles. The summed E-state index contributed by atoms with van der Waals surface area (Å²) in [6.45, 7) is 6.95. The van der Waals surface area contributed by atoms with Crippen LogP contribution in [0.5, 0.6) is 5.75 Å². The van der Waals surface area contributed by atoms with E-state index in [1.807, 2.05) is 29.8 Å². The first-order chi connectivity index (χ1) is 14.8. The van der Waals surface area contributed by atoms with Gasteiger partial charge in [-0.15, -0.1) is 23.1 Å². The molecule has 0 spiro atoms. The third kappa shape index (κ3) is 5.29. The van der Waals surface area contributed by atoms with E-state index in [0.717, 1.165) is 32.9 Å². The summed E-state index contributed by atoms with van der Waals surface area (Å²) in [5, 5.41) is 13.0. The van der Waals surface area contributed by atoms with Crippen LogP contribution in [-0.4, -0.2) is 32.0 Å². The summed E-state index contributed by atoms with van der Waals surface area (Å²) in [4.78, 5) is 16.4. The molecule has 4 aromatic rings. The van der Waals surface area contributed by atoms with Crippen LogP contribution in [0.2, 0.25) is 0 Å². The zero-order chi connectivity index (χ0) is 22.0. The number of hydrogen-bond acceptors (Lipinski definition) is 5. The Morgan fingerprint density at radius 3 is 2.61 bits per heavy atom. The van der Waals surface area contributed by atoms with Gasteiger partial charge in [-0.25, -0.2) is 9.78 Å². The normalized spacial score (nSPS) is 11.7. The van der Waals surface area contributed by atoms with Crippen molar-refractivity contribution in [1.29, 1.82) is 0 Å². The van der Waals surface area contributed by atoms with Crippen LogP contribution in [-0.2, 0) is 11.3 Å². The molecule has 0 radical (unpaired) electrons. The molecular formula is C24H24N2O3S2. The summed E-state index contributed by atoms with van der Waals surface area (Å²) in [7, 11) is 0. The van der Waals surface area contributed by atoms with Gasteiger partial charge in [0.25, 0.3) is 0 Å². The first-order valence-electron chi connectivity index (χ1n) is 9.94. The van der Waals surface area contributed by atoms with E-state index in [4.69, 9.17) is 9.84 Å². The van der Waals surface area contributed by atoms with E-state index >= 15 is 0 Å². The Balaban J connectivity index is 1.65. The summed E-state index contributed by atoms with van der Waals surface area (Å²) >= 11 is 3.43. The van der Waals surface area contributed by atoms with Crippen LogP contribution in [0.15, 0.2) is 65.1 Å². The maximum atomic E-state index is 10.9. The molecule has 0 aliphatic carbocycles. The highest BCUT2D eigenvalue weighted by Gasteiger charge is 2.18. The topological polar surface area (TPSA) is 64.4 Å². The summed E-state index contributed by atoms with van der Waals surface area (Å²) in [5.74, 6) is -0.417. The molecule has 2 heterocycles. The number of carbonyl (C=O) groups is 1. The molecule has 0 saturated heterocycles. The van der Waals surface area contributed by atoms with E-state index < -0.39 is 5.97 Å². The average molecular weight is 453 g/mol. The molecule has 0 saturated carbocycles. The minimum Gasteiger partial charge on any atom is -0.482 e. The maximum Gasteiger partial charge on any atom is 0.341 e. The molecule has 4 rings (SSSR count). The Morgan fingerprint density at radius 2 is 1.97 bits per heavy atom. The van der Waals surface area contributed by atoms with Gasteiger partial charge < -0.3 is 14.4 Å². The third-order valence-electron chi connectivity index (χ3n) is 4.58. The number of thiazole rings is 1. The molecule has 2 aromatic carbocycles. The standard InChI is InChI=1S/C24H24N2O3S2/c1-24(2,3)31-21-14-26(20-9-8-18(12-19(20)21)29-15-22(27)28)13-16-4-6-17(7-5-16)23-25-10-11-30-23/h4-12,14H,13,15H2,1-3H3,(H,27,28). The lowest BCUT2D eigenvalue weighted by Gasteiger charge is -2.16. The third-order valence-corrected chi connectivity index (χ3v) is 6.56.